The molecule has 1 atom stereocenters. The third-order valence-corrected chi connectivity index (χ3v) is 6.16. The van der Waals surface area contributed by atoms with Crippen LogP contribution in [0.1, 0.15) is 66.1 Å². The molecule has 31 heavy (non-hydrogen) atoms. The molecule has 168 valence electrons. The molecule has 6 heteroatoms. The number of nitrogens with zero attached hydrogens (tertiary/aromatic N) is 1. The highest BCUT2D eigenvalue weighted by Gasteiger charge is 2.26. The van der Waals surface area contributed by atoms with Crippen molar-refractivity contribution in [3.05, 3.63) is 58.7 Å². The van der Waals surface area contributed by atoms with Gasteiger partial charge in [0.15, 0.2) is 11.5 Å². The normalized spacial score (nSPS) is 15.7. The zero-order chi connectivity index (χ0) is 22.2. The van der Waals surface area contributed by atoms with E-state index in [0.29, 0.717) is 11.6 Å². The van der Waals surface area contributed by atoms with Gasteiger partial charge in [0.05, 0.1) is 5.56 Å². The summed E-state index contributed by atoms with van der Waals surface area (Å²) in [7, 11) is 0. The van der Waals surface area contributed by atoms with Crippen molar-refractivity contribution in [1.29, 1.82) is 0 Å². The van der Waals surface area contributed by atoms with Gasteiger partial charge < -0.3 is 15.3 Å². The minimum atomic E-state index is -0.903. The molecule has 3 rings (SSSR count). The van der Waals surface area contributed by atoms with Crippen molar-refractivity contribution < 1.29 is 20.1 Å². The van der Waals surface area contributed by atoms with Gasteiger partial charge in [0, 0.05) is 24.7 Å². The van der Waals surface area contributed by atoms with E-state index in [1.165, 1.54) is 19.3 Å². The van der Waals surface area contributed by atoms with Crippen molar-refractivity contribution in [2.24, 2.45) is 0 Å². The lowest BCUT2D eigenvalue weighted by Crippen LogP contribution is -2.49. The van der Waals surface area contributed by atoms with Crippen LogP contribution in [-0.2, 0) is 19.3 Å². The number of aromatic hydroxyl groups is 2. The molecule has 0 aliphatic heterocycles. The highest BCUT2D eigenvalue weighted by atomic mass is 16.4. The zero-order valence-electron chi connectivity index (χ0n) is 18.3. The van der Waals surface area contributed by atoms with E-state index in [0.717, 1.165) is 61.9 Å². The second-order valence-electron chi connectivity index (χ2n) is 8.38. The lowest BCUT2D eigenvalue weighted by molar-refractivity contribution is 0.0697. The summed E-state index contributed by atoms with van der Waals surface area (Å²) in [5.41, 5.74) is 7.02. The largest absolute Gasteiger partial charge is 0.504 e. The molecule has 0 aromatic heterocycles. The van der Waals surface area contributed by atoms with Crippen molar-refractivity contribution in [1.82, 2.24) is 10.4 Å². The van der Waals surface area contributed by atoms with E-state index >= 15 is 0 Å². The average Bonchev–Trinajstić information content (AvgIpc) is 2.78. The maximum absolute atomic E-state index is 11.0. The number of hydrazine groups is 1. The molecular formula is C25H34N2O4. The van der Waals surface area contributed by atoms with E-state index in [1.807, 2.05) is 18.2 Å². The van der Waals surface area contributed by atoms with E-state index in [9.17, 15) is 15.0 Å². The summed E-state index contributed by atoms with van der Waals surface area (Å²) in [5, 5.41) is 31.4. The number of carboxylic acid groups (broad SMARTS) is 1. The Morgan fingerprint density at radius 3 is 2.58 bits per heavy atom. The Bertz CT molecular complexity index is 867. The minimum absolute atomic E-state index is 0.0308. The number of phenolic OH excluding ortho intramolecular Hbond substituents is 2. The molecule has 0 bridgehead atoms. The van der Waals surface area contributed by atoms with Gasteiger partial charge in [-0.2, -0.15) is 0 Å². The maximum Gasteiger partial charge on any atom is 0.335 e. The van der Waals surface area contributed by atoms with Gasteiger partial charge in [0.25, 0.3) is 0 Å². The molecule has 0 saturated carbocycles. The molecule has 0 amide bonds. The number of hydrogen-bond donors (Lipinski definition) is 4. The first kappa shape index (κ1) is 23.1. The van der Waals surface area contributed by atoms with E-state index < -0.39 is 5.97 Å². The number of benzene rings is 2. The summed E-state index contributed by atoms with van der Waals surface area (Å²) in [6.45, 7) is 3.97. The predicted molar refractivity (Wildman–Crippen MR) is 122 cm³/mol. The summed E-state index contributed by atoms with van der Waals surface area (Å²) < 4.78 is 0. The molecule has 0 saturated heterocycles. The van der Waals surface area contributed by atoms with Crippen molar-refractivity contribution in [2.45, 2.75) is 64.3 Å². The monoisotopic (exact) mass is 426 g/mol. The highest BCUT2D eigenvalue weighted by Crippen LogP contribution is 2.36. The van der Waals surface area contributed by atoms with Gasteiger partial charge in [-0.1, -0.05) is 44.4 Å². The Balaban J connectivity index is 1.60. The van der Waals surface area contributed by atoms with Crippen LogP contribution < -0.4 is 5.43 Å². The van der Waals surface area contributed by atoms with Crippen LogP contribution in [0, 0.1) is 0 Å². The lowest BCUT2D eigenvalue weighted by atomic mass is 9.87. The molecule has 0 spiro atoms. The van der Waals surface area contributed by atoms with Gasteiger partial charge in [0.2, 0.25) is 0 Å². The number of aromatic carboxylic acids is 1. The van der Waals surface area contributed by atoms with Gasteiger partial charge in [-0.3, -0.25) is 5.43 Å². The summed E-state index contributed by atoms with van der Waals surface area (Å²) in [5.74, 6) is -0.913. The first-order valence-electron chi connectivity index (χ1n) is 11.3. The molecule has 1 aliphatic rings. The quantitative estimate of drug-likeness (QED) is 0.243. The number of hydrogen-bond acceptors (Lipinski definition) is 5. The molecule has 2 aromatic rings. The van der Waals surface area contributed by atoms with Crippen LogP contribution in [-0.4, -0.2) is 45.4 Å². The third kappa shape index (κ3) is 6.21. The zero-order valence-corrected chi connectivity index (χ0v) is 18.3. The molecule has 0 heterocycles. The summed E-state index contributed by atoms with van der Waals surface area (Å²) in [4.78, 5) is 11.0. The van der Waals surface area contributed by atoms with Crippen LogP contribution in [0.25, 0.3) is 0 Å². The smallest absolute Gasteiger partial charge is 0.335 e. The number of carbonyl (C=O) groups is 1. The molecule has 1 aliphatic carbocycles. The number of carboxylic acids is 1. The third-order valence-electron chi connectivity index (χ3n) is 6.16. The first-order valence-corrected chi connectivity index (χ1v) is 11.3. The Kier molecular flexibility index (Phi) is 8.32. The van der Waals surface area contributed by atoms with Crippen LogP contribution in [0.3, 0.4) is 0 Å². The first-order chi connectivity index (χ1) is 15.0. The van der Waals surface area contributed by atoms with Gasteiger partial charge in [-0.25, -0.2) is 9.80 Å². The average molecular weight is 427 g/mol. The standard InChI is InChI=1S/C25H34N2O4/c1-2-3-4-5-16-27(26-15-14-18-6-8-19(9-7-18)25(30)31)21-11-12-22-20(17-21)10-13-23(28)24(22)29/h6-10,13,21,26,28-29H,2-5,11-12,14-17H2,1H3,(H,30,31). The van der Waals surface area contributed by atoms with Gasteiger partial charge >= 0.3 is 5.97 Å². The molecule has 0 fully saturated rings. The van der Waals surface area contributed by atoms with Crippen LogP contribution in [0.15, 0.2) is 36.4 Å². The second-order valence-corrected chi connectivity index (χ2v) is 8.38. The molecule has 0 radical (unpaired) electrons. The SMILES string of the molecule is CCCCCCN(NCCc1ccc(C(=O)O)cc1)C1CCc2c(ccc(O)c2O)C1. The molecule has 1 unspecified atom stereocenters. The van der Waals surface area contributed by atoms with Gasteiger partial charge in [0.1, 0.15) is 0 Å². The molecule has 6 nitrogen and oxygen atoms in total. The van der Waals surface area contributed by atoms with Crippen LogP contribution in [0.5, 0.6) is 11.5 Å². The van der Waals surface area contributed by atoms with E-state index in [-0.39, 0.29) is 11.5 Å². The van der Waals surface area contributed by atoms with Crippen LogP contribution in [0.2, 0.25) is 0 Å². The Labute approximate surface area is 184 Å². The minimum Gasteiger partial charge on any atom is -0.504 e. The predicted octanol–water partition coefficient (Wildman–Crippen LogP) is 4.28. The van der Waals surface area contributed by atoms with Gasteiger partial charge in [-0.15, -0.1) is 0 Å². The highest BCUT2D eigenvalue weighted by molar-refractivity contribution is 5.87. The number of fused-ring (bicyclic) bond motifs is 1. The Hall–Kier alpha value is -2.57. The van der Waals surface area contributed by atoms with Crippen molar-refractivity contribution >= 4 is 5.97 Å². The summed E-state index contributed by atoms with van der Waals surface area (Å²) in [6.07, 6.45) is 8.15. The van der Waals surface area contributed by atoms with E-state index in [2.05, 4.69) is 17.4 Å². The van der Waals surface area contributed by atoms with Gasteiger partial charge in [-0.05, 0) is 61.4 Å². The van der Waals surface area contributed by atoms with Crippen LogP contribution in [0.4, 0.5) is 0 Å². The topological polar surface area (TPSA) is 93.0 Å². The van der Waals surface area contributed by atoms with Crippen LogP contribution >= 0.6 is 0 Å². The fourth-order valence-electron chi connectivity index (χ4n) is 4.33. The van der Waals surface area contributed by atoms with Crippen molar-refractivity contribution in [3.63, 3.8) is 0 Å². The second kappa shape index (κ2) is 11.2. The summed E-state index contributed by atoms with van der Waals surface area (Å²) in [6, 6.07) is 10.9. The molecular weight excluding hydrogens is 392 g/mol. The number of phenols is 2. The molecule has 4 N–H and O–H groups in total. The lowest BCUT2D eigenvalue weighted by Gasteiger charge is -2.36. The molecule has 2 aromatic carbocycles. The summed E-state index contributed by atoms with van der Waals surface area (Å²) >= 11 is 0. The number of nitrogens with one attached hydrogen (secondary N) is 1. The number of rotatable bonds is 11. The maximum atomic E-state index is 11.0. The van der Waals surface area contributed by atoms with Crippen molar-refractivity contribution in [3.8, 4) is 11.5 Å². The Morgan fingerprint density at radius 2 is 1.87 bits per heavy atom. The fraction of sp³-hybridized carbons (Fsp3) is 0.480. The van der Waals surface area contributed by atoms with E-state index in [4.69, 9.17) is 5.11 Å². The number of unbranched alkanes of at least 4 members (excludes halogenated alkanes) is 3. The van der Waals surface area contributed by atoms with Crippen molar-refractivity contribution in [2.75, 3.05) is 13.1 Å². The van der Waals surface area contributed by atoms with E-state index in [1.54, 1.807) is 18.2 Å². The fourth-order valence-corrected chi connectivity index (χ4v) is 4.33. The Morgan fingerprint density at radius 1 is 1.10 bits per heavy atom.